The van der Waals surface area contributed by atoms with E-state index < -0.39 is 11.6 Å². The smallest absolute Gasteiger partial charge is 0.176 e. The van der Waals surface area contributed by atoms with Gasteiger partial charge in [-0.3, -0.25) is 0 Å². The van der Waals surface area contributed by atoms with E-state index in [0.29, 0.717) is 27.0 Å². The van der Waals surface area contributed by atoms with Crippen LogP contribution in [-0.4, -0.2) is 0 Å². The van der Waals surface area contributed by atoms with Crippen LogP contribution >= 0.6 is 11.3 Å². The van der Waals surface area contributed by atoms with Crippen LogP contribution in [0.1, 0.15) is 31.7 Å². The van der Waals surface area contributed by atoms with Gasteiger partial charge in [0.25, 0.3) is 0 Å². The predicted molar refractivity (Wildman–Crippen MR) is 90.2 cm³/mol. The Kier molecular flexibility index (Phi) is 3.45. The van der Waals surface area contributed by atoms with E-state index in [1.165, 1.54) is 6.07 Å². The normalized spacial score (nSPS) is 18.6. The molecule has 0 spiro atoms. The Morgan fingerprint density at radius 1 is 0.957 bits per heavy atom. The minimum Gasteiger partial charge on any atom is -0.205 e. The van der Waals surface area contributed by atoms with Gasteiger partial charge in [0.15, 0.2) is 11.6 Å². The minimum atomic E-state index is -0.895. The van der Waals surface area contributed by atoms with Gasteiger partial charge in [0, 0.05) is 16.3 Å². The van der Waals surface area contributed by atoms with E-state index >= 15 is 0 Å². The van der Waals surface area contributed by atoms with Gasteiger partial charge in [-0.1, -0.05) is 25.1 Å². The summed E-state index contributed by atoms with van der Waals surface area (Å²) in [7, 11) is 0. The van der Waals surface area contributed by atoms with Gasteiger partial charge < -0.3 is 0 Å². The van der Waals surface area contributed by atoms with Crippen molar-refractivity contribution in [2.45, 2.75) is 26.2 Å². The molecule has 1 unspecified atom stereocenters. The second kappa shape index (κ2) is 5.38. The number of fused-ring (bicyclic) bond motifs is 3. The lowest BCUT2D eigenvalue weighted by Crippen LogP contribution is -2.02. The summed E-state index contributed by atoms with van der Waals surface area (Å²) >= 11 is 0.991. The van der Waals surface area contributed by atoms with E-state index in [2.05, 4.69) is 13.0 Å². The first-order valence-corrected chi connectivity index (χ1v) is 8.56. The molecule has 2 aromatic carbocycles. The molecule has 23 heavy (non-hydrogen) atoms. The third-order valence-corrected chi connectivity index (χ3v) is 5.87. The van der Waals surface area contributed by atoms with Crippen LogP contribution in [0.15, 0.2) is 30.3 Å². The van der Waals surface area contributed by atoms with Crippen molar-refractivity contribution in [1.82, 2.24) is 0 Å². The van der Waals surface area contributed by atoms with Gasteiger partial charge in [-0.2, -0.15) is 0 Å². The Hall–Kier alpha value is -1.81. The maximum atomic E-state index is 15.0. The average molecular weight is 332 g/mol. The Morgan fingerprint density at radius 3 is 2.35 bits per heavy atom. The van der Waals surface area contributed by atoms with Crippen molar-refractivity contribution in [3.63, 3.8) is 0 Å². The molecule has 1 aliphatic carbocycles. The molecule has 1 heterocycles. The van der Waals surface area contributed by atoms with Crippen LogP contribution in [0, 0.1) is 23.4 Å². The van der Waals surface area contributed by atoms with Crippen LogP contribution in [0.5, 0.6) is 0 Å². The lowest BCUT2D eigenvalue weighted by atomic mass is 9.87. The van der Waals surface area contributed by atoms with E-state index in [4.69, 9.17) is 0 Å². The number of benzene rings is 2. The van der Waals surface area contributed by atoms with Crippen molar-refractivity contribution in [3.8, 4) is 0 Å². The molecule has 1 atom stereocenters. The van der Waals surface area contributed by atoms with Gasteiger partial charge in [0.1, 0.15) is 5.82 Å². The maximum absolute atomic E-state index is 15.0. The van der Waals surface area contributed by atoms with E-state index in [9.17, 15) is 13.2 Å². The third kappa shape index (κ3) is 2.27. The van der Waals surface area contributed by atoms with E-state index in [1.54, 1.807) is 6.07 Å². The molecule has 0 saturated heterocycles. The number of halogens is 3. The fraction of sp³-hybridized carbons (Fsp3) is 0.263. The highest BCUT2D eigenvalue weighted by Gasteiger charge is 2.20. The zero-order chi connectivity index (χ0) is 16.1. The largest absolute Gasteiger partial charge is 0.205 e. The molecule has 4 heteroatoms. The number of hydrogen-bond acceptors (Lipinski definition) is 1. The summed E-state index contributed by atoms with van der Waals surface area (Å²) < 4.78 is 42.9. The molecule has 0 saturated carbocycles. The number of allylic oxidation sites excluding steroid dienone is 2. The lowest BCUT2D eigenvalue weighted by molar-refractivity contribution is 0.518. The average Bonchev–Trinajstić information content (AvgIpc) is 2.93. The summed E-state index contributed by atoms with van der Waals surface area (Å²) in [4.78, 5) is 0. The predicted octanol–water partition coefficient (Wildman–Crippen LogP) is 6.68. The van der Waals surface area contributed by atoms with Crippen LogP contribution < -0.4 is 0 Å². The van der Waals surface area contributed by atoms with Gasteiger partial charge in [-0.25, -0.2) is 13.2 Å². The Bertz CT molecular complexity index is 952. The number of rotatable bonds is 1. The van der Waals surface area contributed by atoms with Crippen molar-refractivity contribution in [2.24, 2.45) is 5.92 Å². The second-order valence-electron chi connectivity index (χ2n) is 6.25. The zero-order valence-electron chi connectivity index (χ0n) is 12.6. The van der Waals surface area contributed by atoms with E-state index in [-0.39, 0.29) is 10.5 Å². The topological polar surface area (TPSA) is 0 Å². The molecule has 0 fully saturated rings. The summed E-state index contributed by atoms with van der Waals surface area (Å²) in [5, 5.41) is 1.22. The van der Waals surface area contributed by atoms with Crippen molar-refractivity contribution in [1.29, 1.82) is 0 Å². The van der Waals surface area contributed by atoms with Crippen molar-refractivity contribution in [3.05, 3.63) is 53.4 Å². The summed E-state index contributed by atoms with van der Waals surface area (Å²) in [5.41, 5.74) is 1.61. The highest BCUT2D eigenvalue weighted by Crippen LogP contribution is 2.41. The Labute approximate surface area is 136 Å². The summed E-state index contributed by atoms with van der Waals surface area (Å²) in [6, 6.07) is 6.21. The SMILES string of the molecule is CC1CC=C(c2ccc3c(sc4c(F)c(F)ccc43)c2F)CC1. The summed E-state index contributed by atoms with van der Waals surface area (Å²) in [6.45, 7) is 2.19. The zero-order valence-corrected chi connectivity index (χ0v) is 13.4. The van der Waals surface area contributed by atoms with Crippen molar-refractivity contribution >= 4 is 37.1 Å². The molecule has 0 radical (unpaired) electrons. The molecular weight excluding hydrogens is 317 g/mol. The highest BCUT2D eigenvalue weighted by atomic mass is 32.1. The third-order valence-electron chi connectivity index (χ3n) is 4.66. The molecule has 0 aliphatic heterocycles. The van der Waals surface area contributed by atoms with Crippen LogP contribution in [0.4, 0.5) is 13.2 Å². The molecule has 1 aliphatic rings. The number of thiophene rings is 1. The first-order valence-electron chi connectivity index (χ1n) is 7.74. The Balaban J connectivity index is 1.95. The van der Waals surface area contributed by atoms with Gasteiger partial charge in [0.05, 0.1) is 9.40 Å². The van der Waals surface area contributed by atoms with Gasteiger partial charge >= 0.3 is 0 Å². The monoisotopic (exact) mass is 332 g/mol. The fourth-order valence-corrected chi connectivity index (χ4v) is 4.44. The molecule has 4 rings (SSSR count). The highest BCUT2D eigenvalue weighted by molar-refractivity contribution is 7.25. The second-order valence-corrected chi connectivity index (χ2v) is 7.27. The van der Waals surface area contributed by atoms with Crippen molar-refractivity contribution in [2.75, 3.05) is 0 Å². The van der Waals surface area contributed by atoms with Crippen LogP contribution in [0.3, 0.4) is 0 Å². The summed E-state index contributed by atoms with van der Waals surface area (Å²) in [5.74, 6) is -1.47. The van der Waals surface area contributed by atoms with Gasteiger partial charge in [0.2, 0.25) is 0 Å². The molecule has 118 valence electrons. The number of hydrogen-bond donors (Lipinski definition) is 0. The molecule has 0 bridgehead atoms. The lowest BCUT2D eigenvalue weighted by Gasteiger charge is -2.19. The van der Waals surface area contributed by atoms with Crippen LogP contribution in [-0.2, 0) is 0 Å². The molecule has 0 amide bonds. The Morgan fingerprint density at radius 2 is 1.65 bits per heavy atom. The van der Waals surface area contributed by atoms with E-state index in [1.807, 2.05) is 6.07 Å². The molecule has 3 aromatic rings. The van der Waals surface area contributed by atoms with E-state index in [0.717, 1.165) is 42.2 Å². The minimum absolute atomic E-state index is 0.183. The first-order chi connectivity index (χ1) is 11.1. The fourth-order valence-electron chi connectivity index (χ4n) is 3.27. The van der Waals surface area contributed by atoms with Crippen LogP contribution in [0.25, 0.3) is 25.7 Å². The quantitative estimate of drug-likeness (QED) is 0.466. The van der Waals surface area contributed by atoms with Gasteiger partial charge in [-0.15, -0.1) is 11.3 Å². The maximum Gasteiger partial charge on any atom is 0.176 e. The molecule has 1 aromatic heterocycles. The van der Waals surface area contributed by atoms with Crippen LogP contribution in [0.2, 0.25) is 0 Å². The standard InChI is InChI=1S/C19H15F3S/c1-10-2-4-11(5-3-10)12-6-7-13-14-8-9-15(20)17(22)19(14)23-18(13)16(12)21/h4,6-10H,2-3,5H2,1H3. The molecule has 0 N–H and O–H groups in total. The molecular formula is C19H15F3S. The van der Waals surface area contributed by atoms with Crippen molar-refractivity contribution < 1.29 is 13.2 Å². The summed E-state index contributed by atoms with van der Waals surface area (Å²) in [6.07, 6.45) is 4.97. The first kappa shape index (κ1) is 14.8. The molecule has 0 nitrogen and oxygen atoms in total. The van der Waals surface area contributed by atoms with Gasteiger partial charge in [-0.05, 0) is 42.9 Å².